The average molecular weight is 204 g/mol. The minimum Gasteiger partial charge on any atom is -0.388 e. The van der Waals surface area contributed by atoms with Gasteiger partial charge in [0.25, 0.3) is 0 Å². The third-order valence-electron chi connectivity index (χ3n) is 2.48. The summed E-state index contributed by atoms with van der Waals surface area (Å²) in [5, 5.41) is 10.1. The van der Waals surface area contributed by atoms with Gasteiger partial charge in [0.05, 0.1) is 6.10 Å². The maximum atomic E-state index is 10.1. The predicted octanol–water partition coefficient (Wildman–Crippen LogP) is 3.50. The first-order valence-electron chi connectivity index (χ1n) is 5.60. The monoisotopic (exact) mass is 204 g/mol. The second-order valence-corrected chi connectivity index (χ2v) is 4.12. The molecule has 1 rings (SSSR count). The van der Waals surface area contributed by atoms with Crippen molar-refractivity contribution in [2.24, 2.45) is 5.92 Å². The number of allylic oxidation sites excluding steroid dienone is 1. The lowest BCUT2D eigenvalue weighted by Crippen LogP contribution is -2.16. The molecule has 0 aliphatic rings. The molecular weight excluding hydrogens is 184 g/mol. The van der Waals surface area contributed by atoms with Crippen molar-refractivity contribution in [2.45, 2.75) is 33.3 Å². The van der Waals surface area contributed by atoms with Gasteiger partial charge in [-0.05, 0) is 23.5 Å². The topological polar surface area (TPSA) is 20.2 Å². The molecule has 0 radical (unpaired) electrons. The fraction of sp³-hybridized carbons (Fsp3) is 0.429. The van der Waals surface area contributed by atoms with Crippen LogP contribution in [-0.2, 0) is 0 Å². The molecule has 0 heterocycles. The van der Waals surface area contributed by atoms with Crippen molar-refractivity contribution in [3.8, 4) is 0 Å². The molecule has 0 saturated heterocycles. The second kappa shape index (κ2) is 5.72. The molecule has 0 fully saturated rings. The molecule has 1 unspecified atom stereocenters. The van der Waals surface area contributed by atoms with Crippen LogP contribution in [0, 0.1) is 5.92 Å². The zero-order chi connectivity index (χ0) is 11.3. The minimum atomic E-state index is -0.368. The zero-order valence-electron chi connectivity index (χ0n) is 9.77. The van der Waals surface area contributed by atoms with Crippen molar-refractivity contribution in [3.63, 3.8) is 0 Å². The molecule has 0 amide bonds. The molecule has 0 aliphatic heterocycles. The molecule has 1 aromatic rings. The predicted molar refractivity (Wildman–Crippen MR) is 65.6 cm³/mol. The maximum absolute atomic E-state index is 10.1. The molecule has 0 aromatic heterocycles. The fourth-order valence-electron chi connectivity index (χ4n) is 1.62. The summed E-state index contributed by atoms with van der Waals surface area (Å²) in [5.74, 6) is 0.253. The lowest BCUT2D eigenvalue weighted by Gasteiger charge is -2.19. The van der Waals surface area contributed by atoms with E-state index in [0.29, 0.717) is 0 Å². The van der Waals surface area contributed by atoms with E-state index in [9.17, 15) is 5.11 Å². The molecule has 1 aromatic carbocycles. The van der Waals surface area contributed by atoms with Gasteiger partial charge in [-0.15, -0.1) is 0 Å². The molecule has 0 spiro atoms. The van der Waals surface area contributed by atoms with Crippen LogP contribution in [0.4, 0.5) is 0 Å². The highest BCUT2D eigenvalue weighted by Crippen LogP contribution is 2.23. The number of aliphatic hydroxyl groups is 1. The highest BCUT2D eigenvalue weighted by atomic mass is 16.3. The summed E-state index contributed by atoms with van der Waals surface area (Å²) in [6.07, 6.45) is 2.70. The summed E-state index contributed by atoms with van der Waals surface area (Å²) in [6.45, 7) is 6.17. The normalized spacial score (nSPS) is 14.3. The second-order valence-electron chi connectivity index (χ2n) is 4.12. The van der Waals surface area contributed by atoms with E-state index in [4.69, 9.17) is 0 Å². The number of benzene rings is 1. The third-order valence-corrected chi connectivity index (χ3v) is 2.48. The van der Waals surface area contributed by atoms with Crippen molar-refractivity contribution in [1.29, 1.82) is 0 Å². The van der Waals surface area contributed by atoms with E-state index in [0.717, 1.165) is 17.6 Å². The molecule has 1 N–H and O–H groups in total. The van der Waals surface area contributed by atoms with Crippen LogP contribution in [0.1, 0.15) is 32.8 Å². The highest BCUT2D eigenvalue weighted by Gasteiger charge is 2.15. The van der Waals surface area contributed by atoms with Gasteiger partial charge < -0.3 is 5.11 Å². The fourth-order valence-corrected chi connectivity index (χ4v) is 1.62. The SMILES string of the molecule is CC/C=C(/c1ccccc1)C(O)C(C)C. The lowest BCUT2D eigenvalue weighted by molar-refractivity contribution is 0.181. The van der Waals surface area contributed by atoms with Crippen LogP contribution >= 0.6 is 0 Å². The van der Waals surface area contributed by atoms with Crippen molar-refractivity contribution in [3.05, 3.63) is 42.0 Å². The average Bonchev–Trinajstić information content (AvgIpc) is 2.26. The van der Waals surface area contributed by atoms with E-state index in [-0.39, 0.29) is 12.0 Å². The van der Waals surface area contributed by atoms with Crippen LogP contribution in [0.5, 0.6) is 0 Å². The summed E-state index contributed by atoms with van der Waals surface area (Å²) >= 11 is 0. The van der Waals surface area contributed by atoms with Gasteiger partial charge in [-0.3, -0.25) is 0 Å². The first kappa shape index (κ1) is 12.0. The van der Waals surface area contributed by atoms with Crippen LogP contribution in [0.15, 0.2) is 36.4 Å². The van der Waals surface area contributed by atoms with Gasteiger partial charge in [0, 0.05) is 0 Å². The molecule has 0 aliphatic carbocycles. The largest absolute Gasteiger partial charge is 0.388 e. The Morgan fingerprint density at radius 2 is 1.87 bits per heavy atom. The Kier molecular flexibility index (Phi) is 4.57. The molecule has 15 heavy (non-hydrogen) atoms. The highest BCUT2D eigenvalue weighted by molar-refractivity contribution is 5.68. The number of hydrogen-bond donors (Lipinski definition) is 1. The van der Waals surface area contributed by atoms with Gasteiger partial charge in [0.15, 0.2) is 0 Å². The molecule has 0 saturated carbocycles. The molecule has 0 bridgehead atoms. The zero-order valence-corrected chi connectivity index (χ0v) is 9.77. The van der Waals surface area contributed by atoms with Crippen molar-refractivity contribution >= 4 is 5.57 Å². The van der Waals surface area contributed by atoms with Gasteiger partial charge in [0.1, 0.15) is 0 Å². The maximum Gasteiger partial charge on any atom is 0.0815 e. The van der Waals surface area contributed by atoms with Crippen LogP contribution in [0.3, 0.4) is 0 Å². The summed E-state index contributed by atoms with van der Waals surface area (Å²) in [5.41, 5.74) is 2.17. The number of rotatable bonds is 4. The van der Waals surface area contributed by atoms with Crippen molar-refractivity contribution < 1.29 is 5.11 Å². The van der Waals surface area contributed by atoms with E-state index in [1.165, 1.54) is 0 Å². The van der Waals surface area contributed by atoms with Crippen LogP contribution < -0.4 is 0 Å². The Hall–Kier alpha value is -1.08. The molecule has 1 heteroatoms. The van der Waals surface area contributed by atoms with Gasteiger partial charge >= 0.3 is 0 Å². The molecule has 1 nitrogen and oxygen atoms in total. The molecule has 1 atom stereocenters. The number of hydrogen-bond acceptors (Lipinski definition) is 1. The van der Waals surface area contributed by atoms with E-state index < -0.39 is 0 Å². The molecular formula is C14H20O. The smallest absolute Gasteiger partial charge is 0.0815 e. The first-order chi connectivity index (χ1) is 7.16. The van der Waals surface area contributed by atoms with Crippen LogP contribution in [-0.4, -0.2) is 11.2 Å². The standard InChI is InChI=1S/C14H20O/c1-4-8-13(14(15)11(2)3)12-9-6-5-7-10-12/h5-11,14-15H,4H2,1-3H3/b13-8-. The summed E-state index contributed by atoms with van der Waals surface area (Å²) in [7, 11) is 0. The van der Waals surface area contributed by atoms with E-state index in [2.05, 4.69) is 13.0 Å². The Balaban J connectivity index is 2.99. The molecule has 82 valence electrons. The van der Waals surface area contributed by atoms with E-state index >= 15 is 0 Å². The van der Waals surface area contributed by atoms with Crippen LogP contribution in [0.25, 0.3) is 5.57 Å². The van der Waals surface area contributed by atoms with Crippen LogP contribution in [0.2, 0.25) is 0 Å². The third kappa shape index (κ3) is 3.21. The van der Waals surface area contributed by atoms with Gasteiger partial charge in [0.2, 0.25) is 0 Å². The van der Waals surface area contributed by atoms with Crippen molar-refractivity contribution in [2.75, 3.05) is 0 Å². The number of aliphatic hydroxyl groups excluding tert-OH is 1. The summed E-state index contributed by atoms with van der Waals surface area (Å²) in [6, 6.07) is 10.1. The lowest BCUT2D eigenvalue weighted by atomic mass is 9.92. The van der Waals surface area contributed by atoms with Crippen molar-refractivity contribution in [1.82, 2.24) is 0 Å². The van der Waals surface area contributed by atoms with Gasteiger partial charge in [-0.1, -0.05) is 57.2 Å². The summed E-state index contributed by atoms with van der Waals surface area (Å²) in [4.78, 5) is 0. The summed E-state index contributed by atoms with van der Waals surface area (Å²) < 4.78 is 0. The Bertz CT molecular complexity index is 311. The Morgan fingerprint density at radius 3 is 2.33 bits per heavy atom. The van der Waals surface area contributed by atoms with Gasteiger partial charge in [-0.25, -0.2) is 0 Å². The quantitative estimate of drug-likeness (QED) is 0.796. The van der Waals surface area contributed by atoms with E-state index in [1.807, 2.05) is 44.2 Å². The minimum absolute atomic E-state index is 0.253. The van der Waals surface area contributed by atoms with E-state index in [1.54, 1.807) is 0 Å². The Morgan fingerprint density at radius 1 is 1.27 bits per heavy atom. The van der Waals surface area contributed by atoms with Gasteiger partial charge in [-0.2, -0.15) is 0 Å². The first-order valence-corrected chi connectivity index (χ1v) is 5.60. The Labute approximate surface area is 92.5 Å².